The molecule has 0 fully saturated rings. The molecule has 6 aromatic carbocycles. The van der Waals surface area contributed by atoms with Gasteiger partial charge in [-0.3, -0.25) is 9.59 Å². The topological polar surface area (TPSA) is 105 Å². The molecular weight excluding hydrogens is 753 g/mol. The summed E-state index contributed by atoms with van der Waals surface area (Å²) in [7, 11) is 0. The highest BCUT2D eigenvalue weighted by Crippen LogP contribution is 2.47. The molecule has 304 valence electrons. The Morgan fingerprint density at radius 3 is 1.10 bits per heavy atom. The standard InChI is InChI=1S/C52H48O8/c1-4-6-35-8-12-37(13-9-35)16-30-49(53)57-41-22-18-39(19-23-41)51(55)59-43-26-28-45-46-29-27-44(33-48(46)34(3)47(45)32-43)60-52(56)40-20-24-42(25-21-40)58-50(54)31-17-38-14-10-36(7-5-2)11-15-38/h8-15,18-29,32-34H,4-7,16-17,30-31H2,1-3H3. The van der Waals surface area contributed by atoms with E-state index in [2.05, 4.69) is 62.4 Å². The van der Waals surface area contributed by atoms with Crippen LogP contribution in [0.3, 0.4) is 0 Å². The molecule has 6 aromatic rings. The third-order valence-electron chi connectivity index (χ3n) is 10.7. The molecule has 0 spiro atoms. The van der Waals surface area contributed by atoms with Crippen LogP contribution in [0.1, 0.15) is 106 Å². The van der Waals surface area contributed by atoms with E-state index in [0.29, 0.717) is 47.0 Å². The molecule has 0 saturated carbocycles. The fourth-order valence-corrected chi connectivity index (χ4v) is 7.41. The number of hydrogen-bond acceptors (Lipinski definition) is 8. The van der Waals surface area contributed by atoms with Gasteiger partial charge in [-0.2, -0.15) is 0 Å². The van der Waals surface area contributed by atoms with Crippen LogP contribution < -0.4 is 18.9 Å². The number of fused-ring (bicyclic) bond motifs is 3. The Hall–Kier alpha value is -6.80. The first kappa shape index (κ1) is 41.4. The lowest BCUT2D eigenvalue weighted by molar-refractivity contribution is -0.135. The molecule has 0 amide bonds. The van der Waals surface area contributed by atoms with Crippen molar-refractivity contribution in [1.29, 1.82) is 0 Å². The van der Waals surface area contributed by atoms with Gasteiger partial charge in [0.05, 0.1) is 11.1 Å². The second-order valence-electron chi connectivity index (χ2n) is 15.1. The molecule has 0 radical (unpaired) electrons. The van der Waals surface area contributed by atoms with Crippen LogP contribution in [0, 0.1) is 0 Å². The van der Waals surface area contributed by atoms with Crippen molar-refractivity contribution in [2.24, 2.45) is 0 Å². The van der Waals surface area contributed by atoms with Crippen LogP contribution in [-0.2, 0) is 35.3 Å². The Kier molecular flexibility index (Phi) is 13.3. The minimum Gasteiger partial charge on any atom is -0.427 e. The van der Waals surface area contributed by atoms with E-state index in [9.17, 15) is 19.2 Å². The fraction of sp³-hybridized carbons (Fsp3) is 0.231. The van der Waals surface area contributed by atoms with E-state index < -0.39 is 11.9 Å². The van der Waals surface area contributed by atoms with E-state index in [0.717, 1.165) is 59.1 Å². The number of hydrogen-bond donors (Lipinski definition) is 0. The molecule has 0 aromatic heterocycles. The number of aryl methyl sites for hydroxylation is 4. The van der Waals surface area contributed by atoms with Gasteiger partial charge in [0.2, 0.25) is 0 Å². The SMILES string of the molecule is CCCc1ccc(CCC(=O)Oc2ccc(C(=O)Oc3ccc4c(c3)C(C)c3cc(OC(=O)c5ccc(OC(=O)CCc6ccc(CCC)cc6)cc5)ccc3-4)cc2)cc1. The summed E-state index contributed by atoms with van der Waals surface area (Å²) in [5, 5.41) is 0. The average molecular weight is 801 g/mol. The van der Waals surface area contributed by atoms with Crippen LogP contribution in [-0.4, -0.2) is 23.9 Å². The summed E-state index contributed by atoms with van der Waals surface area (Å²) < 4.78 is 22.5. The van der Waals surface area contributed by atoms with Gasteiger partial charge in [0.25, 0.3) is 0 Å². The number of rotatable bonds is 16. The minimum absolute atomic E-state index is 0.0592. The zero-order chi connectivity index (χ0) is 42.0. The maximum atomic E-state index is 13.1. The number of carbonyl (C=O) groups excluding carboxylic acids is 4. The van der Waals surface area contributed by atoms with Gasteiger partial charge in [-0.25, -0.2) is 9.59 Å². The molecule has 0 aliphatic heterocycles. The summed E-state index contributed by atoms with van der Waals surface area (Å²) in [6, 6.07) is 40.3. The summed E-state index contributed by atoms with van der Waals surface area (Å²) in [5.74, 6) is -0.309. The molecular formula is C52H48O8. The predicted molar refractivity (Wildman–Crippen MR) is 231 cm³/mol. The van der Waals surface area contributed by atoms with E-state index in [4.69, 9.17) is 18.9 Å². The quantitative estimate of drug-likeness (QED) is 0.0704. The largest absolute Gasteiger partial charge is 0.427 e. The van der Waals surface area contributed by atoms with Crippen molar-refractivity contribution in [3.8, 4) is 34.1 Å². The highest BCUT2D eigenvalue weighted by molar-refractivity contribution is 5.92. The first-order chi connectivity index (χ1) is 29.1. The zero-order valence-electron chi connectivity index (χ0n) is 34.2. The van der Waals surface area contributed by atoms with Gasteiger partial charge in [-0.15, -0.1) is 0 Å². The van der Waals surface area contributed by atoms with E-state index in [1.807, 2.05) is 31.2 Å². The minimum atomic E-state index is -0.535. The molecule has 1 aliphatic carbocycles. The van der Waals surface area contributed by atoms with Crippen LogP contribution in [0.5, 0.6) is 23.0 Å². The Labute approximate surface area is 351 Å². The normalized spacial score (nSPS) is 11.7. The van der Waals surface area contributed by atoms with Crippen molar-refractivity contribution < 1.29 is 38.1 Å². The van der Waals surface area contributed by atoms with Crippen LogP contribution in [0.2, 0.25) is 0 Å². The Bertz CT molecular complexity index is 2290. The Morgan fingerprint density at radius 1 is 0.417 bits per heavy atom. The third kappa shape index (κ3) is 10.4. The van der Waals surface area contributed by atoms with Crippen LogP contribution in [0.4, 0.5) is 0 Å². The molecule has 60 heavy (non-hydrogen) atoms. The lowest BCUT2D eigenvalue weighted by atomic mass is 9.99. The molecule has 7 rings (SSSR count). The van der Waals surface area contributed by atoms with E-state index >= 15 is 0 Å². The summed E-state index contributed by atoms with van der Waals surface area (Å²) in [6.07, 6.45) is 5.92. The second-order valence-corrected chi connectivity index (χ2v) is 15.1. The summed E-state index contributed by atoms with van der Waals surface area (Å²) in [6.45, 7) is 6.35. The Morgan fingerprint density at radius 2 is 0.750 bits per heavy atom. The summed E-state index contributed by atoms with van der Waals surface area (Å²) >= 11 is 0. The average Bonchev–Trinajstić information content (AvgIpc) is 3.53. The molecule has 0 N–H and O–H groups in total. The lowest BCUT2D eigenvalue weighted by Gasteiger charge is -2.10. The first-order valence-corrected chi connectivity index (χ1v) is 20.7. The van der Waals surface area contributed by atoms with Gasteiger partial charge in [0, 0.05) is 18.8 Å². The van der Waals surface area contributed by atoms with Gasteiger partial charge in [0.1, 0.15) is 23.0 Å². The van der Waals surface area contributed by atoms with Crippen molar-refractivity contribution in [2.75, 3.05) is 0 Å². The van der Waals surface area contributed by atoms with Crippen molar-refractivity contribution in [1.82, 2.24) is 0 Å². The number of benzene rings is 6. The van der Waals surface area contributed by atoms with Gasteiger partial charge in [0.15, 0.2) is 0 Å². The van der Waals surface area contributed by atoms with Crippen molar-refractivity contribution in [2.45, 2.75) is 78.1 Å². The fourth-order valence-electron chi connectivity index (χ4n) is 7.41. The van der Waals surface area contributed by atoms with Crippen molar-refractivity contribution in [3.63, 3.8) is 0 Å². The Balaban J connectivity index is 0.889. The van der Waals surface area contributed by atoms with E-state index in [1.165, 1.54) is 11.1 Å². The highest BCUT2D eigenvalue weighted by Gasteiger charge is 2.27. The molecule has 0 bridgehead atoms. The van der Waals surface area contributed by atoms with Gasteiger partial charge in [-0.05, 0) is 143 Å². The molecule has 8 nitrogen and oxygen atoms in total. The number of carbonyl (C=O) groups is 4. The molecule has 0 atom stereocenters. The second kappa shape index (κ2) is 19.3. The molecule has 8 heteroatoms. The van der Waals surface area contributed by atoms with E-state index in [1.54, 1.807) is 60.7 Å². The summed E-state index contributed by atoms with van der Waals surface area (Å²) in [4.78, 5) is 51.2. The van der Waals surface area contributed by atoms with Gasteiger partial charge >= 0.3 is 23.9 Å². The number of esters is 4. The third-order valence-corrected chi connectivity index (χ3v) is 10.7. The highest BCUT2D eigenvalue weighted by atomic mass is 16.5. The van der Waals surface area contributed by atoms with Gasteiger partial charge < -0.3 is 18.9 Å². The van der Waals surface area contributed by atoms with Crippen LogP contribution in [0.15, 0.2) is 133 Å². The molecule has 1 aliphatic rings. The number of ether oxygens (including phenoxy) is 4. The maximum Gasteiger partial charge on any atom is 0.343 e. The van der Waals surface area contributed by atoms with Crippen LogP contribution >= 0.6 is 0 Å². The van der Waals surface area contributed by atoms with E-state index in [-0.39, 0.29) is 30.7 Å². The summed E-state index contributed by atoms with van der Waals surface area (Å²) in [5.41, 5.74) is 9.34. The van der Waals surface area contributed by atoms with Gasteiger partial charge in [-0.1, -0.05) is 94.3 Å². The van der Waals surface area contributed by atoms with Crippen LogP contribution in [0.25, 0.3) is 11.1 Å². The monoisotopic (exact) mass is 800 g/mol. The predicted octanol–water partition coefficient (Wildman–Crippen LogP) is 11.2. The van der Waals surface area contributed by atoms with Crippen molar-refractivity contribution >= 4 is 23.9 Å². The smallest absolute Gasteiger partial charge is 0.343 e. The van der Waals surface area contributed by atoms with Crippen molar-refractivity contribution in [3.05, 3.63) is 178 Å². The molecule has 0 heterocycles. The molecule has 0 unspecified atom stereocenters. The maximum absolute atomic E-state index is 13.1. The lowest BCUT2D eigenvalue weighted by Crippen LogP contribution is -2.11. The first-order valence-electron chi connectivity index (χ1n) is 20.7. The zero-order valence-corrected chi connectivity index (χ0v) is 34.2. The molecule has 0 saturated heterocycles.